The molecule has 0 saturated carbocycles. The van der Waals surface area contributed by atoms with E-state index in [9.17, 15) is 4.79 Å². The molecule has 0 radical (unpaired) electrons. The van der Waals surface area contributed by atoms with E-state index >= 15 is 0 Å². The van der Waals surface area contributed by atoms with Gasteiger partial charge in [0.15, 0.2) is 0 Å². The summed E-state index contributed by atoms with van der Waals surface area (Å²) in [5.74, 6) is 0.213. The first kappa shape index (κ1) is 8.01. The van der Waals surface area contributed by atoms with Gasteiger partial charge in [0.1, 0.15) is 0 Å². The molecule has 1 N–H and O–H groups in total. The van der Waals surface area contributed by atoms with Crippen molar-refractivity contribution in [2.75, 3.05) is 26.4 Å². The Morgan fingerprint density at radius 3 is 3.08 bits per heavy atom. The van der Waals surface area contributed by atoms with Crippen LogP contribution in [-0.4, -0.2) is 43.3 Å². The number of rotatable bonds is 1. The summed E-state index contributed by atoms with van der Waals surface area (Å²) < 4.78 is 5.32. The van der Waals surface area contributed by atoms with Crippen LogP contribution in [0, 0.1) is 0 Å². The molecule has 0 aliphatic carbocycles. The maximum atomic E-state index is 11.3. The second kappa shape index (κ2) is 3.41. The lowest BCUT2D eigenvalue weighted by atomic mass is 10.1. The van der Waals surface area contributed by atoms with Crippen molar-refractivity contribution in [3.63, 3.8) is 0 Å². The van der Waals surface area contributed by atoms with Crippen molar-refractivity contribution in [2.45, 2.75) is 18.9 Å². The third-order valence-electron chi connectivity index (χ3n) is 2.46. The lowest BCUT2D eigenvalue weighted by Crippen LogP contribution is -2.42. The molecule has 0 aromatic rings. The maximum Gasteiger partial charge on any atom is 0.237 e. The second-order valence-corrected chi connectivity index (χ2v) is 3.32. The zero-order valence-corrected chi connectivity index (χ0v) is 7.08. The minimum absolute atomic E-state index is 0.213. The predicted octanol–water partition coefficient (Wildman–Crippen LogP) is -0.445. The third kappa shape index (κ3) is 1.44. The van der Waals surface area contributed by atoms with Crippen LogP contribution < -0.4 is 5.32 Å². The molecule has 0 aromatic heterocycles. The van der Waals surface area contributed by atoms with E-state index in [1.165, 1.54) is 0 Å². The maximum absolute atomic E-state index is 11.3. The Morgan fingerprint density at radius 1 is 1.58 bits per heavy atom. The fourth-order valence-corrected chi connectivity index (χ4v) is 1.78. The fourth-order valence-electron chi connectivity index (χ4n) is 1.78. The normalized spacial score (nSPS) is 31.2. The van der Waals surface area contributed by atoms with Crippen molar-refractivity contribution < 1.29 is 9.53 Å². The number of nitrogens with zero attached hydrogens (tertiary/aromatic N) is 1. The highest BCUT2D eigenvalue weighted by Gasteiger charge is 2.28. The Hall–Kier alpha value is -0.610. The van der Waals surface area contributed by atoms with Gasteiger partial charge >= 0.3 is 0 Å². The Kier molecular flexibility index (Phi) is 2.28. The monoisotopic (exact) mass is 170 g/mol. The average Bonchev–Trinajstić information content (AvgIpc) is 2.53. The van der Waals surface area contributed by atoms with Crippen molar-refractivity contribution in [3.8, 4) is 0 Å². The largest absolute Gasteiger partial charge is 0.379 e. The molecule has 2 rings (SSSR count). The molecule has 2 aliphatic heterocycles. The first-order valence-electron chi connectivity index (χ1n) is 4.46. The van der Waals surface area contributed by atoms with E-state index in [2.05, 4.69) is 5.32 Å². The van der Waals surface area contributed by atoms with E-state index < -0.39 is 0 Å². The summed E-state index contributed by atoms with van der Waals surface area (Å²) in [7, 11) is 0. The molecule has 2 heterocycles. The summed E-state index contributed by atoms with van der Waals surface area (Å²) in [5.41, 5.74) is 0. The number of nitrogens with one attached hydrogen (secondary N) is 1. The molecule has 2 saturated heterocycles. The third-order valence-corrected chi connectivity index (χ3v) is 2.46. The lowest BCUT2D eigenvalue weighted by Gasteiger charge is -2.30. The van der Waals surface area contributed by atoms with E-state index in [-0.39, 0.29) is 5.91 Å². The highest BCUT2D eigenvalue weighted by molar-refractivity contribution is 5.80. The Morgan fingerprint density at radius 2 is 2.50 bits per heavy atom. The standard InChI is InChI=1S/C8H14N2O2/c11-8-4-9-6-10(8)7-2-1-3-12-5-7/h7,9H,1-6H2. The van der Waals surface area contributed by atoms with E-state index in [0.29, 0.717) is 25.9 Å². The number of ether oxygens (including phenoxy) is 1. The number of carbonyl (C=O) groups is 1. The van der Waals surface area contributed by atoms with Gasteiger partial charge in [-0.05, 0) is 12.8 Å². The van der Waals surface area contributed by atoms with Gasteiger partial charge in [-0.1, -0.05) is 0 Å². The smallest absolute Gasteiger partial charge is 0.237 e. The van der Waals surface area contributed by atoms with Gasteiger partial charge in [-0.25, -0.2) is 0 Å². The molecule has 1 atom stereocenters. The van der Waals surface area contributed by atoms with Crippen LogP contribution in [-0.2, 0) is 9.53 Å². The first-order chi connectivity index (χ1) is 5.88. The summed E-state index contributed by atoms with van der Waals surface area (Å²) >= 11 is 0. The second-order valence-electron chi connectivity index (χ2n) is 3.32. The van der Waals surface area contributed by atoms with E-state index in [1.807, 2.05) is 4.90 Å². The van der Waals surface area contributed by atoms with E-state index in [4.69, 9.17) is 4.74 Å². The first-order valence-corrected chi connectivity index (χ1v) is 4.46. The Labute approximate surface area is 71.9 Å². The molecule has 2 aliphatic rings. The van der Waals surface area contributed by atoms with Crippen molar-refractivity contribution in [3.05, 3.63) is 0 Å². The zero-order valence-electron chi connectivity index (χ0n) is 7.08. The van der Waals surface area contributed by atoms with Crippen molar-refractivity contribution in [1.29, 1.82) is 0 Å². The van der Waals surface area contributed by atoms with Gasteiger partial charge in [-0.3, -0.25) is 10.1 Å². The van der Waals surface area contributed by atoms with E-state index in [1.54, 1.807) is 0 Å². The van der Waals surface area contributed by atoms with Crippen molar-refractivity contribution >= 4 is 5.91 Å². The van der Waals surface area contributed by atoms with Crippen LogP contribution in [0.4, 0.5) is 0 Å². The van der Waals surface area contributed by atoms with E-state index in [0.717, 1.165) is 19.4 Å². The van der Waals surface area contributed by atoms with Crippen LogP contribution >= 0.6 is 0 Å². The topological polar surface area (TPSA) is 41.6 Å². The molecule has 0 bridgehead atoms. The van der Waals surface area contributed by atoms with Gasteiger partial charge in [0.2, 0.25) is 5.91 Å². The van der Waals surface area contributed by atoms with Gasteiger partial charge in [0.25, 0.3) is 0 Å². The van der Waals surface area contributed by atoms with Crippen molar-refractivity contribution in [2.24, 2.45) is 0 Å². The average molecular weight is 170 g/mol. The minimum atomic E-state index is 0.213. The summed E-state index contributed by atoms with van der Waals surface area (Å²) in [5, 5.41) is 3.04. The Balaban J connectivity index is 1.93. The van der Waals surface area contributed by atoms with Crippen LogP contribution in [0.3, 0.4) is 0 Å². The summed E-state index contributed by atoms with van der Waals surface area (Å²) in [6.07, 6.45) is 2.17. The highest BCUT2D eigenvalue weighted by Crippen LogP contribution is 2.14. The van der Waals surface area contributed by atoms with Crippen LogP contribution in [0.1, 0.15) is 12.8 Å². The molecule has 4 heteroatoms. The lowest BCUT2D eigenvalue weighted by molar-refractivity contribution is -0.131. The summed E-state index contributed by atoms with van der Waals surface area (Å²) in [6.45, 7) is 2.77. The molecular formula is C8H14N2O2. The van der Waals surface area contributed by atoms with Gasteiger partial charge in [-0.15, -0.1) is 0 Å². The fraction of sp³-hybridized carbons (Fsp3) is 0.875. The molecule has 1 unspecified atom stereocenters. The quantitative estimate of drug-likeness (QED) is 0.580. The molecule has 4 nitrogen and oxygen atoms in total. The van der Waals surface area contributed by atoms with Crippen LogP contribution in [0.2, 0.25) is 0 Å². The molecular weight excluding hydrogens is 156 g/mol. The van der Waals surface area contributed by atoms with Crippen LogP contribution in [0.15, 0.2) is 0 Å². The number of hydrogen-bond donors (Lipinski definition) is 1. The van der Waals surface area contributed by atoms with Gasteiger partial charge in [0.05, 0.1) is 25.9 Å². The molecule has 0 spiro atoms. The molecule has 68 valence electrons. The number of hydrogen-bond acceptors (Lipinski definition) is 3. The van der Waals surface area contributed by atoms with Gasteiger partial charge in [0, 0.05) is 6.61 Å². The Bertz CT molecular complexity index is 178. The number of amides is 1. The summed E-state index contributed by atoms with van der Waals surface area (Å²) in [6, 6.07) is 0.321. The van der Waals surface area contributed by atoms with Crippen molar-refractivity contribution in [1.82, 2.24) is 10.2 Å². The van der Waals surface area contributed by atoms with Crippen LogP contribution in [0.5, 0.6) is 0 Å². The SMILES string of the molecule is O=C1CNCN1C1CCCOC1. The molecule has 1 amide bonds. The zero-order chi connectivity index (χ0) is 8.39. The van der Waals surface area contributed by atoms with Gasteiger partial charge in [-0.2, -0.15) is 0 Å². The van der Waals surface area contributed by atoms with Gasteiger partial charge < -0.3 is 9.64 Å². The minimum Gasteiger partial charge on any atom is -0.379 e. The van der Waals surface area contributed by atoms with Crippen LogP contribution in [0.25, 0.3) is 0 Å². The highest BCUT2D eigenvalue weighted by atomic mass is 16.5. The predicted molar refractivity (Wildman–Crippen MR) is 43.6 cm³/mol. The summed E-state index contributed by atoms with van der Waals surface area (Å²) in [4.78, 5) is 13.2. The molecule has 2 fully saturated rings. The molecule has 12 heavy (non-hydrogen) atoms. The number of carbonyl (C=O) groups excluding carboxylic acids is 1. The molecule has 0 aromatic carbocycles.